The lowest BCUT2D eigenvalue weighted by molar-refractivity contribution is -0.0874. The highest BCUT2D eigenvalue weighted by atomic mass is 19.4. The Balaban J connectivity index is 1.39. The van der Waals surface area contributed by atoms with E-state index in [0.717, 1.165) is 54.3 Å². The van der Waals surface area contributed by atoms with Gasteiger partial charge in [-0.3, -0.25) is 9.89 Å². The van der Waals surface area contributed by atoms with Gasteiger partial charge in [-0.05, 0) is 57.2 Å². The van der Waals surface area contributed by atoms with Gasteiger partial charge in [0.1, 0.15) is 11.7 Å². The number of dihydropyridines is 1. The van der Waals surface area contributed by atoms with E-state index >= 15 is 0 Å². The predicted octanol–water partition coefficient (Wildman–Crippen LogP) is 5.31. The number of hydrogen-bond donors (Lipinski definition) is 2. The van der Waals surface area contributed by atoms with Crippen molar-refractivity contribution in [1.82, 2.24) is 15.1 Å². The normalized spacial score (nSPS) is 23.0. The van der Waals surface area contributed by atoms with Gasteiger partial charge in [0.25, 0.3) is 0 Å². The number of nitrogens with one attached hydrogen (secondary N) is 2. The molecule has 4 aliphatic heterocycles. The second-order valence-corrected chi connectivity index (χ2v) is 11.1. The molecule has 4 heterocycles. The van der Waals surface area contributed by atoms with E-state index in [0.29, 0.717) is 38.9 Å². The first-order valence-corrected chi connectivity index (χ1v) is 13.8. The summed E-state index contributed by atoms with van der Waals surface area (Å²) in [6.45, 7) is 6.95. The zero-order valence-corrected chi connectivity index (χ0v) is 22.6. The summed E-state index contributed by atoms with van der Waals surface area (Å²) in [6.07, 6.45) is 1.54. The summed E-state index contributed by atoms with van der Waals surface area (Å²) in [4.78, 5) is 13.5. The molecule has 0 bridgehead atoms. The summed E-state index contributed by atoms with van der Waals surface area (Å²) < 4.78 is 41.3. The highest BCUT2D eigenvalue weighted by molar-refractivity contribution is 6.09. The van der Waals surface area contributed by atoms with E-state index in [2.05, 4.69) is 26.6 Å². The number of halogens is 3. The molecule has 7 nitrogen and oxygen atoms in total. The summed E-state index contributed by atoms with van der Waals surface area (Å²) in [7, 11) is 0. The first-order chi connectivity index (χ1) is 18.7. The molecule has 0 amide bonds. The summed E-state index contributed by atoms with van der Waals surface area (Å²) in [6, 6.07) is 10.1. The van der Waals surface area contributed by atoms with Gasteiger partial charge in [-0.2, -0.15) is 18.4 Å². The van der Waals surface area contributed by atoms with Crippen LogP contribution in [0.25, 0.3) is 0 Å². The molecule has 4 aliphatic rings. The molecule has 1 atom stereocenters. The molecule has 1 saturated heterocycles. The van der Waals surface area contributed by atoms with Crippen molar-refractivity contribution in [1.29, 1.82) is 5.26 Å². The van der Waals surface area contributed by atoms with Crippen molar-refractivity contribution in [3.8, 4) is 6.07 Å². The molecule has 39 heavy (non-hydrogen) atoms. The third kappa shape index (κ3) is 5.98. The molecule has 0 aliphatic carbocycles. The van der Waals surface area contributed by atoms with E-state index in [-0.39, 0.29) is 12.1 Å². The number of hydrogen-bond acceptors (Lipinski definition) is 7. The molecule has 0 spiro atoms. The van der Waals surface area contributed by atoms with Gasteiger partial charge < -0.3 is 15.5 Å². The van der Waals surface area contributed by atoms with Crippen LogP contribution in [0.4, 0.5) is 18.9 Å². The summed E-state index contributed by atoms with van der Waals surface area (Å²) >= 11 is 0. The molecule has 208 valence electrons. The maximum absolute atomic E-state index is 13.8. The molecule has 1 unspecified atom stereocenters. The number of nitrogens with zero attached hydrogens (tertiary/aromatic N) is 5. The number of nitriles is 1. The van der Waals surface area contributed by atoms with Crippen LogP contribution in [-0.4, -0.2) is 66.7 Å². The Labute approximate surface area is 228 Å². The van der Waals surface area contributed by atoms with Crippen molar-refractivity contribution < 1.29 is 13.2 Å². The van der Waals surface area contributed by atoms with Crippen LogP contribution in [0, 0.1) is 11.3 Å². The van der Waals surface area contributed by atoms with Crippen LogP contribution >= 0.6 is 0 Å². The fourth-order valence-electron chi connectivity index (χ4n) is 5.61. The van der Waals surface area contributed by atoms with Crippen LogP contribution in [0.5, 0.6) is 0 Å². The van der Waals surface area contributed by atoms with E-state index in [1.165, 1.54) is 12.5 Å². The molecule has 1 aromatic carbocycles. The van der Waals surface area contributed by atoms with E-state index in [9.17, 15) is 18.4 Å². The maximum atomic E-state index is 13.8. The van der Waals surface area contributed by atoms with Gasteiger partial charge in [-0.1, -0.05) is 24.6 Å². The Bertz CT molecular complexity index is 1230. The molecular formula is C29H36F3N7. The molecule has 1 aromatic rings. The molecule has 10 heteroatoms. The lowest BCUT2D eigenvalue weighted by atomic mass is 9.86. The largest absolute Gasteiger partial charge is 0.419 e. The average molecular weight is 540 g/mol. The average Bonchev–Trinajstić information content (AvgIpc) is 3.16. The Morgan fingerprint density at radius 3 is 2.44 bits per heavy atom. The fourth-order valence-corrected chi connectivity index (χ4v) is 5.61. The van der Waals surface area contributed by atoms with Gasteiger partial charge in [0.15, 0.2) is 6.29 Å². The van der Waals surface area contributed by atoms with Gasteiger partial charge in [0, 0.05) is 56.1 Å². The smallest absolute Gasteiger partial charge is 0.356 e. The lowest BCUT2D eigenvalue weighted by Crippen LogP contribution is -2.50. The van der Waals surface area contributed by atoms with E-state index < -0.39 is 17.2 Å². The number of alkyl halides is 3. The van der Waals surface area contributed by atoms with Crippen LogP contribution in [0.2, 0.25) is 0 Å². The second kappa shape index (κ2) is 11.0. The minimum absolute atomic E-state index is 0.0586. The zero-order chi connectivity index (χ0) is 27.6. The van der Waals surface area contributed by atoms with E-state index in [4.69, 9.17) is 4.99 Å². The van der Waals surface area contributed by atoms with Crippen molar-refractivity contribution in [2.24, 2.45) is 9.98 Å². The minimum atomic E-state index is -4.42. The van der Waals surface area contributed by atoms with Crippen LogP contribution in [-0.2, 0) is 5.41 Å². The summed E-state index contributed by atoms with van der Waals surface area (Å²) in [5.41, 5.74) is 2.61. The van der Waals surface area contributed by atoms with Crippen molar-refractivity contribution in [2.45, 2.75) is 70.3 Å². The number of aliphatic imine (C=N–C) groups is 2. The Morgan fingerprint density at radius 1 is 1.03 bits per heavy atom. The Kier molecular flexibility index (Phi) is 7.72. The highest BCUT2D eigenvalue weighted by Gasteiger charge is 2.40. The van der Waals surface area contributed by atoms with Crippen molar-refractivity contribution in [3.05, 3.63) is 52.7 Å². The summed E-state index contributed by atoms with van der Waals surface area (Å²) in [5, 5.41) is 16.6. The first kappa shape index (κ1) is 27.3. The standard InChI is InChI=1S/C29H36F3N7/c1-28(2,19-33)20-8-10-21(11-9-20)35-25-22-12-17-38(26-23(29(30,31)32)7-6-14-34-26)18-13-24(22)36-27(37-25)39-15-4-3-5-16-39/h7-11,27,36H,3-6,12-18H2,1-2H3,(H,35,37). The number of piperidine rings is 1. The monoisotopic (exact) mass is 539 g/mol. The van der Waals surface area contributed by atoms with Gasteiger partial charge in [-0.25, -0.2) is 4.99 Å². The Hall–Kier alpha value is -3.32. The van der Waals surface area contributed by atoms with Crippen molar-refractivity contribution in [3.63, 3.8) is 0 Å². The molecule has 0 aromatic heterocycles. The molecule has 5 rings (SSSR count). The zero-order valence-electron chi connectivity index (χ0n) is 22.6. The number of rotatable bonds is 3. The fraction of sp³-hybridized carbons (Fsp3) is 0.552. The molecule has 0 saturated carbocycles. The first-order valence-electron chi connectivity index (χ1n) is 13.8. The van der Waals surface area contributed by atoms with Gasteiger partial charge in [-0.15, -0.1) is 0 Å². The Morgan fingerprint density at radius 2 is 1.74 bits per heavy atom. The number of anilines is 1. The topological polar surface area (TPSA) is 79.0 Å². The van der Waals surface area contributed by atoms with Crippen LogP contribution < -0.4 is 10.6 Å². The molecular weight excluding hydrogens is 503 g/mol. The van der Waals surface area contributed by atoms with Gasteiger partial charge in [0.05, 0.1) is 17.1 Å². The van der Waals surface area contributed by atoms with E-state index in [1.807, 2.05) is 38.1 Å². The molecule has 1 fully saturated rings. The maximum Gasteiger partial charge on any atom is 0.419 e. The highest BCUT2D eigenvalue weighted by Crippen LogP contribution is 2.33. The predicted molar refractivity (Wildman–Crippen MR) is 147 cm³/mol. The van der Waals surface area contributed by atoms with Crippen LogP contribution in [0.3, 0.4) is 0 Å². The van der Waals surface area contributed by atoms with Crippen LogP contribution in [0.1, 0.15) is 57.9 Å². The number of amidine groups is 2. The minimum Gasteiger partial charge on any atom is -0.356 e. The van der Waals surface area contributed by atoms with Gasteiger partial charge >= 0.3 is 6.18 Å². The molecule has 2 N–H and O–H groups in total. The quantitative estimate of drug-likeness (QED) is 0.544. The second-order valence-electron chi connectivity index (χ2n) is 11.1. The van der Waals surface area contributed by atoms with Crippen molar-refractivity contribution in [2.75, 3.05) is 38.0 Å². The SMILES string of the molecule is CC(C)(C#N)c1ccc(NC2=NC(N3CCCCC3)NC3=C2CCN(C2=NCCC=C2C(F)(F)F)CC3)cc1. The van der Waals surface area contributed by atoms with Gasteiger partial charge in [0.2, 0.25) is 0 Å². The summed E-state index contributed by atoms with van der Waals surface area (Å²) in [5.74, 6) is 0.814. The van der Waals surface area contributed by atoms with Crippen LogP contribution in [0.15, 0.2) is 57.2 Å². The third-order valence-corrected chi connectivity index (χ3v) is 7.94. The number of benzene rings is 1. The number of likely N-dealkylation sites (tertiary alicyclic amines) is 1. The van der Waals surface area contributed by atoms with Crippen molar-refractivity contribution >= 4 is 17.4 Å². The lowest BCUT2D eigenvalue weighted by Gasteiger charge is -2.37. The van der Waals surface area contributed by atoms with E-state index in [1.54, 1.807) is 4.90 Å². The molecule has 0 radical (unpaired) electrons. The third-order valence-electron chi connectivity index (χ3n) is 7.94.